The number of hydrogen-bond donors (Lipinski definition) is 0. The second-order valence-electron chi connectivity index (χ2n) is 7.04. The van der Waals surface area contributed by atoms with Crippen molar-refractivity contribution in [2.45, 2.75) is 44.5 Å². The number of halogens is 3. The number of benzene rings is 2. The maximum absolute atomic E-state index is 12.4. The van der Waals surface area contributed by atoms with Crippen molar-refractivity contribution in [3.8, 4) is 26.8 Å². The topological polar surface area (TPSA) is 56.3 Å². The van der Waals surface area contributed by atoms with Gasteiger partial charge in [-0.25, -0.2) is 4.98 Å². The van der Waals surface area contributed by atoms with Gasteiger partial charge < -0.3 is 4.18 Å². The lowest BCUT2D eigenvalue weighted by atomic mass is 10.0. The van der Waals surface area contributed by atoms with Gasteiger partial charge in [-0.3, -0.25) is 0 Å². The summed E-state index contributed by atoms with van der Waals surface area (Å²) in [4.78, 5) is 5.24. The van der Waals surface area contributed by atoms with E-state index in [4.69, 9.17) is 0 Å². The molecule has 0 atom stereocenters. The molecule has 0 radical (unpaired) electrons. The average molecular weight is 470 g/mol. The SMILES string of the molecule is CCCCCCc1ccc(-c2ncc(-c3ccc(OS(=O)(=O)C(F)(F)F)cc3)s2)cc1. The third-order valence-electron chi connectivity index (χ3n) is 4.65. The van der Waals surface area contributed by atoms with Crippen LogP contribution in [-0.2, 0) is 16.5 Å². The van der Waals surface area contributed by atoms with Crippen LogP contribution in [0.3, 0.4) is 0 Å². The summed E-state index contributed by atoms with van der Waals surface area (Å²) in [6.45, 7) is 2.19. The molecule has 1 heterocycles. The highest BCUT2D eigenvalue weighted by molar-refractivity contribution is 7.88. The van der Waals surface area contributed by atoms with Gasteiger partial charge in [0.25, 0.3) is 0 Å². The lowest BCUT2D eigenvalue weighted by molar-refractivity contribution is -0.0500. The molecule has 0 N–H and O–H groups in total. The number of hydrogen-bond acceptors (Lipinski definition) is 5. The zero-order valence-electron chi connectivity index (χ0n) is 16.9. The van der Waals surface area contributed by atoms with Gasteiger partial charge >= 0.3 is 15.6 Å². The molecule has 1 aromatic heterocycles. The second-order valence-corrected chi connectivity index (χ2v) is 9.61. The summed E-state index contributed by atoms with van der Waals surface area (Å²) in [5.41, 5.74) is -2.48. The van der Waals surface area contributed by atoms with Crippen molar-refractivity contribution in [2.75, 3.05) is 0 Å². The van der Waals surface area contributed by atoms with E-state index in [0.717, 1.165) is 21.9 Å². The van der Waals surface area contributed by atoms with Gasteiger partial charge in [-0.2, -0.15) is 21.6 Å². The molecule has 9 heteroatoms. The van der Waals surface area contributed by atoms with Crippen molar-refractivity contribution in [1.82, 2.24) is 4.98 Å². The fourth-order valence-corrected chi connectivity index (χ4v) is 4.35. The summed E-state index contributed by atoms with van der Waals surface area (Å²) >= 11 is 1.44. The Labute approximate surface area is 183 Å². The summed E-state index contributed by atoms with van der Waals surface area (Å²) in [7, 11) is -5.68. The van der Waals surface area contributed by atoms with Crippen LogP contribution in [0.2, 0.25) is 0 Å². The Morgan fingerprint density at radius 1 is 0.935 bits per heavy atom. The van der Waals surface area contributed by atoms with Crippen molar-refractivity contribution in [2.24, 2.45) is 0 Å². The Kier molecular flexibility index (Phi) is 7.38. The molecule has 0 spiro atoms. The molecule has 0 aliphatic heterocycles. The number of nitrogens with zero attached hydrogens (tertiary/aromatic N) is 1. The third-order valence-corrected chi connectivity index (χ3v) is 6.73. The standard InChI is InChI=1S/C22H22F3NO3S2/c1-2-3-4-5-6-16-7-9-18(10-8-16)21-26-15-20(30-21)17-11-13-19(14-12-17)29-31(27,28)22(23,24)25/h7-15H,2-6H2,1H3. The van der Waals surface area contributed by atoms with Crippen LogP contribution in [0, 0.1) is 0 Å². The first kappa shape index (κ1) is 23.3. The molecule has 2 aromatic carbocycles. The molecule has 4 nitrogen and oxygen atoms in total. The van der Waals surface area contributed by atoms with Crippen molar-refractivity contribution < 1.29 is 25.8 Å². The molecule has 0 saturated heterocycles. The van der Waals surface area contributed by atoms with Crippen LogP contribution < -0.4 is 4.18 Å². The Morgan fingerprint density at radius 2 is 1.58 bits per heavy atom. The summed E-state index contributed by atoms with van der Waals surface area (Å²) in [6.07, 6.45) is 7.63. The highest BCUT2D eigenvalue weighted by atomic mass is 32.2. The maximum atomic E-state index is 12.4. The Balaban J connectivity index is 1.67. The Bertz CT molecular complexity index is 1090. The smallest absolute Gasteiger partial charge is 0.376 e. The Morgan fingerprint density at radius 3 is 2.19 bits per heavy atom. The van der Waals surface area contributed by atoms with Crippen LogP contribution in [0.4, 0.5) is 13.2 Å². The zero-order chi connectivity index (χ0) is 22.5. The molecule has 0 bridgehead atoms. The molecular formula is C22H22F3NO3S2. The minimum Gasteiger partial charge on any atom is -0.376 e. The molecule has 0 aliphatic rings. The first-order valence-corrected chi connectivity index (χ1v) is 12.1. The van der Waals surface area contributed by atoms with Gasteiger partial charge in [0.1, 0.15) is 10.8 Å². The predicted octanol–water partition coefficient (Wildman–Crippen LogP) is 6.83. The van der Waals surface area contributed by atoms with Crippen LogP contribution in [-0.4, -0.2) is 18.9 Å². The summed E-state index contributed by atoms with van der Waals surface area (Å²) in [6, 6.07) is 13.7. The number of alkyl halides is 3. The van der Waals surface area contributed by atoms with Gasteiger partial charge in [0.2, 0.25) is 0 Å². The molecule has 0 amide bonds. The van der Waals surface area contributed by atoms with Crippen LogP contribution in [0.15, 0.2) is 54.7 Å². The number of thiazole rings is 1. The van der Waals surface area contributed by atoms with Crippen molar-refractivity contribution in [3.63, 3.8) is 0 Å². The van der Waals surface area contributed by atoms with E-state index < -0.39 is 21.4 Å². The lowest BCUT2D eigenvalue weighted by Gasteiger charge is -2.09. The minimum atomic E-state index is -5.68. The fourth-order valence-electron chi connectivity index (χ4n) is 2.96. The van der Waals surface area contributed by atoms with Gasteiger partial charge in [-0.15, -0.1) is 11.3 Å². The largest absolute Gasteiger partial charge is 0.534 e. The van der Waals surface area contributed by atoms with Gasteiger partial charge in [0.15, 0.2) is 0 Å². The number of aromatic nitrogens is 1. The average Bonchev–Trinajstić information content (AvgIpc) is 3.21. The van der Waals surface area contributed by atoms with Crippen molar-refractivity contribution in [3.05, 3.63) is 60.3 Å². The van der Waals surface area contributed by atoms with E-state index in [-0.39, 0.29) is 0 Å². The summed E-state index contributed by atoms with van der Waals surface area (Å²) < 4.78 is 63.6. The predicted molar refractivity (Wildman–Crippen MR) is 116 cm³/mol. The molecule has 0 unspecified atom stereocenters. The third kappa shape index (κ3) is 6.07. The van der Waals surface area contributed by atoms with Crippen LogP contribution in [0.25, 0.3) is 21.0 Å². The fraction of sp³-hybridized carbons (Fsp3) is 0.318. The van der Waals surface area contributed by atoms with Crippen LogP contribution in [0.1, 0.15) is 38.2 Å². The first-order valence-electron chi connectivity index (χ1n) is 9.86. The van der Waals surface area contributed by atoms with E-state index >= 15 is 0 Å². The van der Waals surface area contributed by atoms with E-state index in [1.165, 1.54) is 66.8 Å². The van der Waals surface area contributed by atoms with Gasteiger partial charge in [-0.05, 0) is 48.2 Å². The van der Waals surface area contributed by atoms with E-state index in [1.807, 2.05) is 12.1 Å². The van der Waals surface area contributed by atoms with E-state index in [0.29, 0.717) is 5.56 Å². The number of aryl methyl sites for hydroxylation is 1. The normalized spacial score (nSPS) is 12.1. The summed E-state index contributed by atoms with van der Waals surface area (Å²) in [5.74, 6) is -0.402. The lowest BCUT2D eigenvalue weighted by Crippen LogP contribution is -2.27. The second kappa shape index (κ2) is 9.82. The van der Waals surface area contributed by atoms with E-state index in [9.17, 15) is 21.6 Å². The molecule has 31 heavy (non-hydrogen) atoms. The quantitative estimate of drug-likeness (QED) is 0.196. The maximum Gasteiger partial charge on any atom is 0.534 e. The number of unbranched alkanes of at least 4 members (excludes halogenated alkanes) is 3. The van der Waals surface area contributed by atoms with E-state index in [2.05, 4.69) is 28.2 Å². The van der Waals surface area contributed by atoms with Crippen molar-refractivity contribution in [1.29, 1.82) is 0 Å². The highest BCUT2D eigenvalue weighted by Gasteiger charge is 2.48. The highest BCUT2D eigenvalue weighted by Crippen LogP contribution is 2.34. The number of rotatable bonds is 9. The molecular weight excluding hydrogens is 447 g/mol. The summed E-state index contributed by atoms with van der Waals surface area (Å²) in [5, 5.41) is 0.826. The molecule has 3 rings (SSSR count). The van der Waals surface area contributed by atoms with E-state index in [1.54, 1.807) is 6.20 Å². The van der Waals surface area contributed by atoms with Crippen LogP contribution in [0.5, 0.6) is 5.75 Å². The van der Waals surface area contributed by atoms with Gasteiger partial charge in [0.05, 0.1) is 4.88 Å². The van der Waals surface area contributed by atoms with Gasteiger partial charge in [-0.1, -0.05) is 50.5 Å². The molecule has 0 saturated carbocycles. The Hall–Kier alpha value is -2.39. The molecule has 3 aromatic rings. The molecule has 0 aliphatic carbocycles. The van der Waals surface area contributed by atoms with Crippen molar-refractivity contribution >= 4 is 21.5 Å². The molecule has 166 valence electrons. The zero-order valence-corrected chi connectivity index (χ0v) is 18.5. The first-order chi connectivity index (χ1) is 14.7. The van der Waals surface area contributed by atoms with Crippen LogP contribution >= 0.6 is 11.3 Å². The minimum absolute atomic E-state index is 0.402. The van der Waals surface area contributed by atoms with Gasteiger partial charge in [0, 0.05) is 11.8 Å². The monoisotopic (exact) mass is 469 g/mol. The molecule has 0 fully saturated rings.